The summed E-state index contributed by atoms with van der Waals surface area (Å²) in [6.07, 6.45) is -0.552. The van der Waals surface area contributed by atoms with Gasteiger partial charge in [-0.15, -0.1) is 11.8 Å². The highest BCUT2D eigenvalue weighted by atomic mass is 32.2. The molecule has 0 saturated carbocycles. The maximum absolute atomic E-state index is 11.3. The molecule has 1 aromatic heterocycles. The zero-order valence-electron chi connectivity index (χ0n) is 16.6. The number of nitro benzene ring substituents is 1. The maximum atomic E-state index is 11.3. The second-order valence-electron chi connectivity index (χ2n) is 7.17. The number of nitro groups is 1. The maximum Gasteiger partial charge on any atom is 0.270 e. The summed E-state index contributed by atoms with van der Waals surface area (Å²) >= 11 is 1.62. The van der Waals surface area contributed by atoms with Gasteiger partial charge in [0.2, 0.25) is 0 Å². The lowest BCUT2D eigenvalue weighted by Crippen LogP contribution is -2.19. The molecule has 152 valence electrons. The molecule has 1 heterocycles. The molecular formula is C24H22N2O3S. The van der Waals surface area contributed by atoms with E-state index in [4.69, 9.17) is 0 Å². The van der Waals surface area contributed by atoms with Crippen LogP contribution in [-0.4, -0.2) is 26.5 Å². The van der Waals surface area contributed by atoms with Crippen molar-refractivity contribution in [2.75, 3.05) is 5.75 Å². The molecule has 0 saturated heterocycles. The third kappa shape index (κ3) is 4.10. The standard InChI is InChI=1S/C24H22N2O3S/c1-17-24(18-8-4-2-5-9-18)22-14-19(26(28)29)12-13-23(22)25(17)15-20(27)16-30-21-10-6-3-7-11-21/h2-14,20,27H,15-16H2,1H3. The van der Waals surface area contributed by atoms with Crippen LogP contribution in [0.4, 0.5) is 5.69 Å². The first kappa shape index (κ1) is 20.2. The van der Waals surface area contributed by atoms with Crippen LogP contribution >= 0.6 is 11.8 Å². The fourth-order valence-electron chi connectivity index (χ4n) is 3.76. The zero-order valence-corrected chi connectivity index (χ0v) is 17.4. The first-order chi connectivity index (χ1) is 14.5. The van der Waals surface area contributed by atoms with Gasteiger partial charge >= 0.3 is 0 Å². The predicted octanol–water partition coefficient (Wildman–Crippen LogP) is 5.68. The van der Waals surface area contributed by atoms with E-state index in [1.807, 2.05) is 67.6 Å². The summed E-state index contributed by atoms with van der Waals surface area (Å²) in [5.74, 6) is 0.566. The molecule has 0 amide bonds. The first-order valence-corrected chi connectivity index (χ1v) is 10.7. The average Bonchev–Trinajstić information content (AvgIpc) is 3.04. The minimum atomic E-state index is -0.552. The van der Waals surface area contributed by atoms with Crippen LogP contribution in [0.15, 0.2) is 83.8 Å². The molecule has 1 atom stereocenters. The number of aliphatic hydroxyl groups is 1. The van der Waals surface area contributed by atoms with E-state index in [0.717, 1.165) is 32.6 Å². The molecule has 0 aliphatic carbocycles. The van der Waals surface area contributed by atoms with Crippen molar-refractivity contribution in [1.82, 2.24) is 4.57 Å². The Hall–Kier alpha value is -3.09. The van der Waals surface area contributed by atoms with Gasteiger partial charge in [0, 0.05) is 51.5 Å². The van der Waals surface area contributed by atoms with Crippen molar-refractivity contribution < 1.29 is 10.0 Å². The van der Waals surface area contributed by atoms with Gasteiger partial charge in [0.15, 0.2) is 0 Å². The Balaban J connectivity index is 1.70. The second-order valence-corrected chi connectivity index (χ2v) is 8.27. The lowest BCUT2D eigenvalue weighted by molar-refractivity contribution is -0.384. The number of aliphatic hydroxyl groups excluding tert-OH is 1. The van der Waals surface area contributed by atoms with Crippen molar-refractivity contribution in [2.24, 2.45) is 0 Å². The van der Waals surface area contributed by atoms with Crippen molar-refractivity contribution in [3.05, 3.63) is 94.7 Å². The Morgan fingerprint density at radius 2 is 1.70 bits per heavy atom. The molecule has 0 bridgehead atoms. The van der Waals surface area contributed by atoms with E-state index >= 15 is 0 Å². The van der Waals surface area contributed by atoms with Crippen LogP contribution in [0.25, 0.3) is 22.0 Å². The Morgan fingerprint density at radius 3 is 2.37 bits per heavy atom. The van der Waals surface area contributed by atoms with Crippen molar-refractivity contribution in [3.63, 3.8) is 0 Å². The molecule has 0 fully saturated rings. The zero-order chi connectivity index (χ0) is 21.1. The predicted molar refractivity (Wildman–Crippen MR) is 122 cm³/mol. The molecule has 6 heteroatoms. The Bertz CT molecular complexity index is 1170. The molecule has 4 rings (SSSR count). The summed E-state index contributed by atoms with van der Waals surface area (Å²) in [7, 11) is 0. The van der Waals surface area contributed by atoms with E-state index in [9.17, 15) is 15.2 Å². The number of aromatic nitrogens is 1. The number of hydrogen-bond acceptors (Lipinski definition) is 4. The van der Waals surface area contributed by atoms with Crippen molar-refractivity contribution >= 4 is 28.4 Å². The number of thioether (sulfide) groups is 1. The monoisotopic (exact) mass is 418 g/mol. The van der Waals surface area contributed by atoms with E-state index in [-0.39, 0.29) is 10.6 Å². The van der Waals surface area contributed by atoms with Crippen molar-refractivity contribution in [1.29, 1.82) is 0 Å². The van der Waals surface area contributed by atoms with Gasteiger partial charge < -0.3 is 9.67 Å². The molecule has 0 aliphatic rings. The molecule has 1 unspecified atom stereocenters. The fraction of sp³-hybridized carbons (Fsp3) is 0.167. The number of rotatable bonds is 7. The molecule has 30 heavy (non-hydrogen) atoms. The summed E-state index contributed by atoms with van der Waals surface area (Å²) in [6.45, 7) is 2.43. The smallest absolute Gasteiger partial charge is 0.270 e. The van der Waals surface area contributed by atoms with Gasteiger partial charge in [-0.2, -0.15) is 0 Å². The van der Waals surface area contributed by atoms with Crippen LogP contribution in [0.3, 0.4) is 0 Å². The molecule has 5 nitrogen and oxygen atoms in total. The van der Waals surface area contributed by atoms with Gasteiger partial charge in [0.05, 0.1) is 11.0 Å². The molecule has 4 aromatic rings. The van der Waals surface area contributed by atoms with Gasteiger partial charge in [-0.3, -0.25) is 10.1 Å². The van der Waals surface area contributed by atoms with E-state index in [1.165, 1.54) is 6.07 Å². The SMILES string of the molecule is Cc1c(-c2ccccc2)c2cc([N+](=O)[O-])ccc2n1CC(O)CSc1ccccc1. The second kappa shape index (κ2) is 8.73. The summed E-state index contributed by atoms with van der Waals surface area (Å²) < 4.78 is 2.07. The normalized spacial score (nSPS) is 12.2. The minimum absolute atomic E-state index is 0.0667. The average molecular weight is 419 g/mol. The molecular weight excluding hydrogens is 396 g/mol. The fourth-order valence-corrected chi connectivity index (χ4v) is 4.60. The van der Waals surface area contributed by atoms with Crippen LogP contribution in [-0.2, 0) is 6.54 Å². The Morgan fingerprint density at radius 1 is 1.03 bits per heavy atom. The van der Waals surface area contributed by atoms with Crippen molar-refractivity contribution in [3.8, 4) is 11.1 Å². The van der Waals surface area contributed by atoms with E-state index in [0.29, 0.717) is 12.3 Å². The number of fused-ring (bicyclic) bond motifs is 1. The van der Waals surface area contributed by atoms with Gasteiger partial charge in [0.25, 0.3) is 5.69 Å². The first-order valence-electron chi connectivity index (χ1n) is 9.73. The number of nitrogens with zero attached hydrogens (tertiary/aromatic N) is 2. The molecule has 0 aliphatic heterocycles. The van der Waals surface area contributed by atoms with Crippen molar-refractivity contribution in [2.45, 2.75) is 24.5 Å². The lowest BCUT2D eigenvalue weighted by atomic mass is 10.0. The van der Waals surface area contributed by atoms with Crippen LogP contribution in [0.2, 0.25) is 0 Å². The van der Waals surface area contributed by atoms with E-state index < -0.39 is 6.10 Å². The van der Waals surface area contributed by atoms with Gasteiger partial charge in [0.1, 0.15) is 0 Å². The Labute approximate surface area is 179 Å². The number of non-ortho nitro benzene ring substituents is 1. The van der Waals surface area contributed by atoms with Gasteiger partial charge in [-0.25, -0.2) is 0 Å². The highest BCUT2D eigenvalue weighted by Gasteiger charge is 2.20. The quantitative estimate of drug-likeness (QED) is 0.238. The summed E-state index contributed by atoms with van der Waals surface area (Å²) in [5, 5.41) is 22.9. The summed E-state index contributed by atoms with van der Waals surface area (Å²) in [5.41, 5.74) is 3.92. The topological polar surface area (TPSA) is 68.3 Å². The number of hydrogen-bond donors (Lipinski definition) is 1. The summed E-state index contributed by atoms with van der Waals surface area (Å²) in [6, 6.07) is 24.8. The lowest BCUT2D eigenvalue weighted by Gasteiger charge is -2.15. The molecule has 0 radical (unpaired) electrons. The molecule has 1 N–H and O–H groups in total. The van der Waals surface area contributed by atoms with Gasteiger partial charge in [-0.1, -0.05) is 48.5 Å². The van der Waals surface area contributed by atoms with Crippen LogP contribution < -0.4 is 0 Å². The third-order valence-corrected chi connectivity index (χ3v) is 6.32. The minimum Gasteiger partial charge on any atom is -0.390 e. The van der Waals surface area contributed by atoms with E-state index in [2.05, 4.69) is 4.57 Å². The van der Waals surface area contributed by atoms with Crippen LogP contribution in [0, 0.1) is 17.0 Å². The van der Waals surface area contributed by atoms with Gasteiger partial charge in [-0.05, 0) is 30.7 Å². The molecule has 3 aromatic carbocycles. The Kier molecular flexibility index (Phi) is 5.88. The van der Waals surface area contributed by atoms with Crippen LogP contribution in [0.5, 0.6) is 0 Å². The highest BCUT2D eigenvalue weighted by Crippen LogP contribution is 2.36. The summed E-state index contributed by atoms with van der Waals surface area (Å²) in [4.78, 5) is 12.1. The largest absolute Gasteiger partial charge is 0.390 e. The number of benzene rings is 3. The molecule has 0 spiro atoms. The van der Waals surface area contributed by atoms with Crippen LogP contribution in [0.1, 0.15) is 5.69 Å². The van der Waals surface area contributed by atoms with E-state index in [1.54, 1.807) is 23.9 Å². The highest BCUT2D eigenvalue weighted by molar-refractivity contribution is 7.99. The third-order valence-electron chi connectivity index (χ3n) is 5.16.